The molecule has 0 saturated carbocycles. The van der Waals surface area contributed by atoms with E-state index in [9.17, 15) is 0 Å². The van der Waals surface area contributed by atoms with Crippen molar-refractivity contribution in [1.82, 2.24) is 0 Å². The van der Waals surface area contributed by atoms with E-state index in [1.54, 1.807) is 7.11 Å². The quantitative estimate of drug-likeness (QED) is 0.683. The van der Waals surface area contributed by atoms with Crippen molar-refractivity contribution < 1.29 is 4.74 Å². The average molecular weight is 204 g/mol. The summed E-state index contributed by atoms with van der Waals surface area (Å²) in [6.07, 6.45) is 2.56. The summed E-state index contributed by atoms with van der Waals surface area (Å²) in [5.74, 6) is 0. The van der Waals surface area contributed by atoms with Crippen molar-refractivity contribution in [3.63, 3.8) is 0 Å². The molecule has 0 spiro atoms. The molecule has 0 radical (unpaired) electrons. The maximum absolute atomic E-state index is 5.42. The van der Waals surface area contributed by atoms with Gasteiger partial charge in [0.05, 0.1) is 6.10 Å². The van der Waals surface area contributed by atoms with E-state index in [-0.39, 0.29) is 5.41 Å². The summed E-state index contributed by atoms with van der Waals surface area (Å²) in [7, 11) is 1.81. The van der Waals surface area contributed by atoms with Gasteiger partial charge in [0.25, 0.3) is 0 Å². The van der Waals surface area contributed by atoms with Gasteiger partial charge in [-0.3, -0.25) is 0 Å². The summed E-state index contributed by atoms with van der Waals surface area (Å²) in [6, 6.07) is 6.89. The smallest absolute Gasteiger partial charge is 0.0652 e. The number of fused-ring (bicyclic) bond motifs is 1. The molecule has 1 aromatic carbocycles. The van der Waals surface area contributed by atoms with E-state index >= 15 is 0 Å². The maximum Gasteiger partial charge on any atom is 0.0652 e. The molecule has 1 aliphatic carbocycles. The highest BCUT2D eigenvalue weighted by Gasteiger charge is 2.23. The second-order valence-corrected chi connectivity index (χ2v) is 5.50. The fourth-order valence-corrected chi connectivity index (χ4v) is 2.21. The molecule has 0 fully saturated rings. The summed E-state index contributed by atoms with van der Waals surface area (Å²) < 4.78 is 5.42. The van der Waals surface area contributed by atoms with Crippen molar-refractivity contribution in [1.29, 1.82) is 0 Å². The van der Waals surface area contributed by atoms with E-state index in [1.165, 1.54) is 16.7 Å². The Balaban J connectivity index is 2.30. The molecule has 1 atom stereocenters. The molecule has 15 heavy (non-hydrogen) atoms. The average Bonchev–Trinajstić information content (AvgIpc) is 2.57. The molecule has 0 unspecified atom stereocenters. The molecular formula is C14H20O. The Morgan fingerprint density at radius 2 is 1.80 bits per heavy atom. The number of hydrogen-bond donors (Lipinski definition) is 0. The zero-order chi connectivity index (χ0) is 11.1. The van der Waals surface area contributed by atoms with E-state index in [1.807, 2.05) is 0 Å². The lowest BCUT2D eigenvalue weighted by molar-refractivity contribution is 0.112. The van der Waals surface area contributed by atoms with Gasteiger partial charge in [0.1, 0.15) is 0 Å². The molecule has 0 bridgehead atoms. The van der Waals surface area contributed by atoms with Crippen LogP contribution in [-0.2, 0) is 23.0 Å². The van der Waals surface area contributed by atoms with Gasteiger partial charge in [0.2, 0.25) is 0 Å². The number of ether oxygens (including phenoxy) is 1. The van der Waals surface area contributed by atoms with Gasteiger partial charge in [-0.25, -0.2) is 0 Å². The van der Waals surface area contributed by atoms with Crippen LogP contribution >= 0.6 is 0 Å². The molecule has 0 amide bonds. The van der Waals surface area contributed by atoms with Crippen LogP contribution in [0.4, 0.5) is 0 Å². The van der Waals surface area contributed by atoms with Crippen molar-refractivity contribution in [3.8, 4) is 0 Å². The number of benzene rings is 1. The molecule has 0 saturated heterocycles. The van der Waals surface area contributed by atoms with Gasteiger partial charge in [-0.05, 0) is 34.9 Å². The van der Waals surface area contributed by atoms with Crippen LogP contribution in [-0.4, -0.2) is 13.2 Å². The minimum atomic E-state index is 0.250. The Morgan fingerprint density at radius 3 is 2.40 bits per heavy atom. The number of methoxy groups -OCH3 is 1. The lowest BCUT2D eigenvalue weighted by Crippen LogP contribution is -2.11. The van der Waals surface area contributed by atoms with Gasteiger partial charge in [0.15, 0.2) is 0 Å². The highest BCUT2D eigenvalue weighted by Crippen LogP contribution is 2.29. The fraction of sp³-hybridized carbons (Fsp3) is 0.571. The zero-order valence-corrected chi connectivity index (χ0v) is 10.1. The zero-order valence-electron chi connectivity index (χ0n) is 10.1. The van der Waals surface area contributed by atoms with Gasteiger partial charge in [-0.2, -0.15) is 0 Å². The molecule has 0 aliphatic heterocycles. The number of rotatable bonds is 1. The summed E-state index contributed by atoms with van der Waals surface area (Å²) in [5, 5.41) is 0. The normalized spacial score (nSPS) is 20.4. The van der Waals surface area contributed by atoms with Crippen molar-refractivity contribution in [2.45, 2.75) is 45.1 Å². The van der Waals surface area contributed by atoms with Gasteiger partial charge in [0, 0.05) is 7.11 Å². The van der Waals surface area contributed by atoms with Crippen LogP contribution in [0.5, 0.6) is 0 Å². The van der Waals surface area contributed by atoms with Crippen LogP contribution in [0.1, 0.15) is 37.5 Å². The van der Waals surface area contributed by atoms with Crippen LogP contribution in [0.15, 0.2) is 18.2 Å². The van der Waals surface area contributed by atoms with Crippen LogP contribution in [0.3, 0.4) is 0 Å². The summed E-state index contributed by atoms with van der Waals surface area (Å²) >= 11 is 0. The van der Waals surface area contributed by atoms with Crippen molar-refractivity contribution >= 4 is 0 Å². The molecule has 0 N–H and O–H groups in total. The summed E-state index contributed by atoms with van der Waals surface area (Å²) in [6.45, 7) is 6.78. The predicted molar refractivity (Wildman–Crippen MR) is 63.3 cm³/mol. The lowest BCUT2D eigenvalue weighted by Gasteiger charge is -2.19. The molecule has 82 valence electrons. The van der Waals surface area contributed by atoms with Crippen LogP contribution < -0.4 is 0 Å². The molecule has 0 heterocycles. The Kier molecular flexibility index (Phi) is 2.59. The maximum atomic E-state index is 5.42. The second-order valence-electron chi connectivity index (χ2n) is 5.50. The topological polar surface area (TPSA) is 9.23 Å². The highest BCUT2D eigenvalue weighted by molar-refractivity contribution is 5.39. The second kappa shape index (κ2) is 3.64. The Hall–Kier alpha value is -0.820. The first kappa shape index (κ1) is 10.7. The third-order valence-corrected chi connectivity index (χ3v) is 3.30. The fourth-order valence-electron chi connectivity index (χ4n) is 2.21. The third-order valence-electron chi connectivity index (χ3n) is 3.30. The summed E-state index contributed by atoms with van der Waals surface area (Å²) in [4.78, 5) is 0. The first-order chi connectivity index (χ1) is 7.00. The predicted octanol–water partition coefficient (Wildman–Crippen LogP) is 3.10. The highest BCUT2D eigenvalue weighted by atomic mass is 16.5. The standard InChI is InChI=1S/C14H20O/c1-14(2,3)12-6-5-10-8-13(15-4)9-11(10)7-12/h5-7,13H,8-9H2,1-4H3/t13-/m0/s1. The molecule has 1 aromatic rings. The van der Waals surface area contributed by atoms with Gasteiger partial charge in [-0.1, -0.05) is 39.0 Å². The third kappa shape index (κ3) is 2.07. The molecular weight excluding hydrogens is 184 g/mol. The van der Waals surface area contributed by atoms with Crippen LogP contribution in [0, 0.1) is 0 Å². The minimum Gasteiger partial charge on any atom is -0.381 e. The van der Waals surface area contributed by atoms with E-state index in [4.69, 9.17) is 4.74 Å². The van der Waals surface area contributed by atoms with Crippen molar-refractivity contribution in [2.24, 2.45) is 0 Å². The molecule has 1 aliphatic rings. The Morgan fingerprint density at radius 1 is 1.13 bits per heavy atom. The monoisotopic (exact) mass is 204 g/mol. The molecule has 1 heteroatoms. The first-order valence-corrected chi connectivity index (χ1v) is 5.66. The molecule has 2 rings (SSSR count). The summed E-state index contributed by atoms with van der Waals surface area (Å²) in [5.41, 5.74) is 4.63. The van der Waals surface area contributed by atoms with E-state index in [0.717, 1.165) is 12.8 Å². The van der Waals surface area contributed by atoms with Crippen LogP contribution in [0.25, 0.3) is 0 Å². The molecule has 0 aromatic heterocycles. The van der Waals surface area contributed by atoms with Gasteiger partial charge < -0.3 is 4.74 Å². The first-order valence-electron chi connectivity index (χ1n) is 5.66. The number of hydrogen-bond acceptors (Lipinski definition) is 1. The van der Waals surface area contributed by atoms with E-state index in [2.05, 4.69) is 39.0 Å². The molecule has 1 nitrogen and oxygen atoms in total. The minimum absolute atomic E-state index is 0.250. The van der Waals surface area contributed by atoms with Gasteiger partial charge in [-0.15, -0.1) is 0 Å². The SMILES string of the molecule is CO[C@H]1Cc2ccc(C(C)(C)C)cc2C1. The lowest BCUT2D eigenvalue weighted by atomic mass is 9.85. The van der Waals surface area contributed by atoms with Crippen LogP contribution in [0.2, 0.25) is 0 Å². The van der Waals surface area contributed by atoms with E-state index in [0.29, 0.717) is 6.10 Å². The Bertz CT molecular complexity index is 360. The van der Waals surface area contributed by atoms with Crippen molar-refractivity contribution in [3.05, 3.63) is 34.9 Å². The Labute approximate surface area is 92.5 Å². The largest absolute Gasteiger partial charge is 0.381 e. The van der Waals surface area contributed by atoms with Gasteiger partial charge >= 0.3 is 0 Å². The van der Waals surface area contributed by atoms with E-state index < -0.39 is 0 Å². The van der Waals surface area contributed by atoms with Crippen molar-refractivity contribution in [2.75, 3.05) is 7.11 Å².